The summed E-state index contributed by atoms with van der Waals surface area (Å²) >= 11 is 0. The molecule has 3 rings (SSSR count). The Kier molecular flexibility index (Phi) is 3.45. The molecule has 1 saturated heterocycles. The van der Waals surface area contributed by atoms with E-state index in [0.29, 0.717) is 5.56 Å². The molecule has 1 aromatic rings. The molecule has 1 aliphatic heterocycles. The quantitative estimate of drug-likeness (QED) is 0.885. The Morgan fingerprint density at radius 3 is 2.63 bits per heavy atom. The maximum Gasteiger partial charge on any atom is 0.337 e. The van der Waals surface area contributed by atoms with Crippen molar-refractivity contribution in [1.29, 1.82) is 0 Å². The molecule has 0 bridgehead atoms. The summed E-state index contributed by atoms with van der Waals surface area (Å²) in [5.74, 6) is 0.827. The van der Waals surface area contributed by atoms with Crippen molar-refractivity contribution in [2.45, 2.75) is 32.1 Å². The molecular formula is C16H21NO2. The molecule has 19 heavy (non-hydrogen) atoms. The third-order valence-electron chi connectivity index (χ3n) is 4.77. The van der Waals surface area contributed by atoms with Gasteiger partial charge < -0.3 is 10.0 Å². The number of piperidine rings is 1. The molecule has 102 valence electrons. The lowest BCUT2D eigenvalue weighted by Crippen LogP contribution is -2.42. The molecule has 1 saturated carbocycles. The zero-order chi connectivity index (χ0) is 13.2. The SMILES string of the molecule is O=C(O)c1ccccc1N1CCC2CCCCC2C1. The van der Waals surface area contributed by atoms with E-state index < -0.39 is 5.97 Å². The van der Waals surface area contributed by atoms with Crippen LogP contribution in [0, 0.1) is 11.8 Å². The molecule has 1 heterocycles. The molecule has 1 N–H and O–H groups in total. The zero-order valence-corrected chi connectivity index (χ0v) is 11.2. The average Bonchev–Trinajstić information content (AvgIpc) is 2.46. The maximum absolute atomic E-state index is 11.3. The highest BCUT2D eigenvalue weighted by atomic mass is 16.4. The van der Waals surface area contributed by atoms with E-state index in [0.717, 1.165) is 30.6 Å². The largest absolute Gasteiger partial charge is 0.478 e. The van der Waals surface area contributed by atoms with E-state index in [9.17, 15) is 9.90 Å². The van der Waals surface area contributed by atoms with Gasteiger partial charge in [0.05, 0.1) is 11.3 Å². The van der Waals surface area contributed by atoms with E-state index in [2.05, 4.69) is 4.90 Å². The van der Waals surface area contributed by atoms with Crippen LogP contribution >= 0.6 is 0 Å². The van der Waals surface area contributed by atoms with Crippen molar-refractivity contribution in [3.63, 3.8) is 0 Å². The third kappa shape index (κ3) is 2.46. The van der Waals surface area contributed by atoms with Crippen LogP contribution in [0.3, 0.4) is 0 Å². The van der Waals surface area contributed by atoms with Gasteiger partial charge in [-0.3, -0.25) is 0 Å². The highest BCUT2D eigenvalue weighted by molar-refractivity contribution is 5.94. The van der Waals surface area contributed by atoms with Crippen molar-refractivity contribution in [3.8, 4) is 0 Å². The first-order valence-electron chi connectivity index (χ1n) is 7.33. The normalized spacial score (nSPS) is 26.8. The number of para-hydroxylation sites is 1. The van der Waals surface area contributed by atoms with Gasteiger partial charge in [-0.25, -0.2) is 4.79 Å². The second kappa shape index (κ2) is 5.24. The lowest BCUT2D eigenvalue weighted by Gasteiger charge is -2.42. The molecule has 2 aliphatic rings. The maximum atomic E-state index is 11.3. The van der Waals surface area contributed by atoms with E-state index in [1.54, 1.807) is 12.1 Å². The second-order valence-corrected chi connectivity index (χ2v) is 5.86. The molecule has 2 fully saturated rings. The highest BCUT2D eigenvalue weighted by Gasteiger charge is 2.32. The van der Waals surface area contributed by atoms with E-state index in [1.165, 1.54) is 32.1 Å². The number of benzene rings is 1. The fourth-order valence-electron chi connectivity index (χ4n) is 3.75. The van der Waals surface area contributed by atoms with Crippen LogP contribution in [-0.4, -0.2) is 24.2 Å². The van der Waals surface area contributed by atoms with Gasteiger partial charge >= 0.3 is 5.97 Å². The Labute approximate surface area is 114 Å². The number of carboxylic acids is 1. The summed E-state index contributed by atoms with van der Waals surface area (Å²) in [5.41, 5.74) is 1.34. The predicted octanol–water partition coefficient (Wildman–Crippen LogP) is 3.40. The van der Waals surface area contributed by atoms with Gasteiger partial charge in [-0.2, -0.15) is 0 Å². The van der Waals surface area contributed by atoms with Gasteiger partial charge in [0.2, 0.25) is 0 Å². The number of hydrogen-bond acceptors (Lipinski definition) is 2. The van der Waals surface area contributed by atoms with Crippen molar-refractivity contribution in [1.82, 2.24) is 0 Å². The average molecular weight is 259 g/mol. The second-order valence-electron chi connectivity index (χ2n) is 5.86. The van der Waals surface area contributed by atoms with Crippen LogP contribution in [-0.2, 0) is 0 Å². The van der Waals surface area contributed by atoms with Crippen LogP contribution < -0.4 is 4.90 Å². The lowest BCUT2D eigenvalue weighted by atomic mass is 9.75. The van der Waals surface area contributed by atoms with Gasteiger partial charge in [0.15, 0.2) is 0 Å². The summed E-state index contributed by atoms with van der Waals surface area (Å²) in [6.45, 7) is 2.04. The first-order chi connectivity index (χ1) is 9.25. The van der Waals surface area contributed by atoms with Crippen LogP contribution in [0.1, 0.15) is 42.5 Å². The van der Waals surface area contributed by atoms with Crippen molar-refractivity contribution >= 4 is 11.7 Å². The molecule has 1 aliphatic carbocycles. The van der Waals surface area contributed by atoms with Crippen molar-refractivity contribution in [2.75, 3.05) is 18.0 Å². The van der Waals surface area contributed by atoms with Gasteiger partial charge in [-0.1, -0.05) is 31.4 Å². The molecule has 0 aromatic heterocycles. The topological polar surface area (TPSA) is 40.5 Å². The van der Waals surface area contributed by atoms with E-state index in [-0.39, 0.29) is 0 Å². The summed E-state index contributed by atoms with van der Waals surface area (Å²) in [7, 11) is 0. The van der Waals surface area contributed by atoms with E-state index >= 15 is 0 Å². The first-order valence-corrected chi connectivity index (χ1v) is 7.33. The fourth-order valence-corrected chi connectivity index (χ4v) is 3.75. The lowest BCUT2D eigenvalue weighted by molar-refractivity contribution is 0.0697. The Bertz CT molecular complexity index is 472. The minimum Gasteiger partial charge on any atom is -0.478 e. The number of anilines is 1. The van der Waals surface area contributed by atoms with Gasteiger partial charge in [0.1, 0.15) is 0 Å². The summed E-state index contributed by atoms with van der Waals surface area (Å²) < 4.78 is 0. The zero-order valence-electron chi connectivity index (χ0n) is 11.2. The minimum absolute atomic E-state index is 0.441. The Morgan fingerprint density at radius 2 is 1.84 bits per heavy atom. The van der Waals surface area contributed by atoms with Crippen molar-refractivity contribution in [3.05, 3.63) is 29.8 Å². The van der Waals surface area contributed by atoms with Gasteiger partial charge in [-0.15, -0.1) is 0 Å². The molecule has 0 radical (unpaired) electrons. The Morgan fingerprint density at radius 1 is 1.11 bits per heavy atom. The molecule has 1 aromatic carbocycles. The smallest absolute Gasteiger partial charge is 0.337 e. The number of fused-ring (bicyclic) bond motifs is 1. The number of carboxylic acid groups (broad SMARTS) is 1. The minimum atomic E-state index is -0.818. The third-order valence-corrected chi connectivity index (χ3v) is 4.77. The van der Waals surface area contributed by atoms with Crippen molar-refractivity contribution in [2.24, 2.45) is 11.8 Å². The number of hydrogen-bond donors (Lipinski definition) is 1. The summed E-state index contributed by atoms with van der Waals surface area (Å²) in [4.78, 5) is 13.6. The Balaban J connectivity index is 1.81. The van der Waals surface area contributed by atoms with Crippen molar-refractivity contribution < 1.29 is 9.90 Å². The molecule has 0 amide bonds. The number of rotatable bonds is 2. The van der Waals surface area contributed by atoms with Crippen LogP contribution in [0.15, 0.2) is 24.3 Å². The number of aromatic carboxylic acids is 1. The predicted molar refractivity (Wildman–Crippen MR) is 75.7 cm³/mol. The highest BCUT2D eigenvalue weighted by Crippen LogP contribution is 2.38. The monoisotopic (exact) mass is 259 g/mol. The van der Waals surface area contributed by atoms with E-state index in [1.807, 2.05) is 12.1 Å². The first kappa shape index (κ1) is 12.5. The molecule has 0 spiro atoms. The Hall–Kier alpha value is -1.51. The van der Waals surface area contributed by atoms with E-state index in [4.69, 9.17) is 0 Å². The van der Waals surface area contributed by atoms with Crippen LogP contribution in [0.2, 0.25) is 0 Å². The van der Waals surface area contributed by atoms with Crippen LogP contribution in [0.25, 0.3) is 0 Å². The summed E-state index contributed by atoms with van der Waals surface area (Å²) in [5, 5.41) is 9.30. The van der Waals surface area contributed by atoms with Crippen LogP contribution in [0.4, 0.5) is 5.69 Å². The molecule has 2 unspecified atom stereocenters. The summed E-state index contributed by atoms with van der Waals surface area (Å²) in [6.07, 6.45) is 6.64. The fraction of sp³-hybridized carbons (Fsp3) is 0.562. The molecule has 3 heteroatoms. The van der Waals surface area contributed by atoms with Gasteiger partial charge in [-0.05, 0) is 36.8 Å². The molecule has 2 atom stereocenters. The number of carbonyl (C=O) groups is 1. The molecule has 3 nitrogen and oxygen atoms in total. The molecular weight excluding hydrogens is 238 g/mol. The van der Waals surface area contributed by atoms with Gasteiger partial charge in [0.25, 0.3) is 0 Å². The standard InChI is InChI=1S/C16H21NO2/c18-16(19)14-7-3-4-8-15(14)17-10-9-12-5-1-2-6-13(12)11-17/h3-4,7-8,12-13H,1-2,5-6,9-11H2,(H,18,19). The van der Waals surface area contributed by atoms with Gasteiger partial charge in [0, 0.05) is 13.1 Å². The summed E-state index contributed by atoms with van der Waals surface area (Å²) in [6, 6.07) is 7.41. The number of nitrogens with zero attached hydrogens (tertiary/aromatic N) is 1. The van der Waals surface area contributed by atoms with Crippen LogP contribution in [0.5, 0.6) is 0 Å².